The van der Waals surface area contributed by atoms with Crippen molar-refractivity contribution in [2.45, 2.75) is 39.2 Å². The third kappa shape index (κ3) is 9.69. The molecule has 2 N–H and O–H groups in total. The number of pyridine rings is 1. The molecule has 0 bridgehead atoms. The van der Waals surface area contributed by atoms with E-state index in [-0.39, 0.29) is 47.5 Å². The van der Waals surface area contributed by atoms with Crippen LogP contribution in [0.15, 0.2) is 156 Å². The van der Waals surface area contributed by atoms with Crippen molar-refractivity contribution >= 4 is 60.8 Å². The Kier molecular flexibility index (Phi) is 12.8. The number of rotatable bonds is 15. The van der Waals surface area contributed by atoms with Crippen LogP contribution in [0.5, 0.6) is 17.5 Å². The lowest BCUT2D eigenvalue weighted by Gasteiger charge is -2.31. The number of benzene rings is 6. The molecule has 10 rings (SSSR count). The van der Waals surface area contributed by atoms with E-state index < -0.39 is 34.5 Å². The molecule has 2 aliphatic heterocycles. The van der Waals surface area contributed by atoms with Crippen molar-refractivity contribution in [3.05, 3.63) is 190 Å². The number of aromatic nitrogens is 3. The van der Waals surface area contributed by atoms with Crippen LogP contribution in [-0.4, -0.2) is 64.9 Å². The minimum absolute atomic E-state index is 0.00207. The smallest absolute Gasteiger partial charge is 0.333 e. The van der Waals surface area contributed by atoms with Gasteiger partial charge in [0.15, 0.2) is 5.82 Å². The summed E-state index contributed by atoms with van der Waals surface area (Å²) < 4.78 is 66.3. The number of hydrogen-bond acceptors (Lipinski definition) is 10. The Balaban J connectivity index is 0.855. The first-order valence-electron chi connectivity index (χ1n) is 23.0. The van der Waals surface area contributed by atoms with E-state index in [1.165, 1.54) is 12.1 Å². The summed E-state index contributed by atoms with van der Waals surface area (Å²) in [6, 6.07) is 43.6. The van der Waals surface area contributed by atoms with Gasteiger partial charge in [-0.1, -0.05) is 103 Å². The summed E-state index contributed by atoms with van der Waals surface area (Å²) in [5.41, 5.74) is 6.34. The van der Waals surface area contributed by atoms with Crippen LogP contribution < -0.4 is 34.2 Å². The number of hydrogen-bond donors (Lipinski definition) is 2. The number of nitrogens with one attached hydrogen (secondary N) is 2. The second kappa shape index (κ2) is 19.6. The zero-order valence-electron chi connectivity index (χ0n) is 38.7. The van der Waals surface area contributed by atoms with Crippen molar-refractivity contribution < 1.29 is 36.6 Å². The van der Waals surface area contributed by atoms with Crippen molar-refractivity contribution in [1.82, 2.24) is 23.7 Å². The van der Waals surface area contributed by atoms with Gasteiger partial charge in [-0.15, -0.1) is 0 Å². The molecule has 360 valence electrons. The molecule has 4 heterocycles. The van der Waals surface area contributed by atoms with Gasteiger partial charge in [0, 0.05) is 37.3 Å². The number of nitrogens with zero attached hydrogens (tertiary/aromatic N) is 5. The molecule has 0 spiro atoms. The van der Waals surface area contributed by atoms with Gasteiger partial charge in [-0.2, -0.15) is 13.4 Å². The Labute approximate surface area is 408 Å². The standard InChI is InChI=1S/C54H48FN7O8S/c1-35(52(64)56-42-19-20-43-41(28-42)30-47(68-32-36-12-6-3-7-13-36)51(50(43)55)61-31-48(63)58-71(61,66)67)60-26-24-39(25-27-60)40-18-21-44-46(29-40)59(2)54(65)62(44)45-22-23-49(69-33-37-14-8-4-9-15-37)57-53(45)70-34-38-16-10-5-11-17-38/h3-24,28-30,35H,25-27,31-34H2,1-2H3,(H,56,64)(H,58,63)/t35-/m1/s1. The van der Waals surface area contributed by atoms with Gasteiger partial charge in [0.2, 0.25) is 17.7 Å². The van der Waals surface area contributed by atoms with Crippen molar-refractivity contribution in [3.63, 3.8) is 0 Å². The van der Waals surface area contributed by atoms with Gasteiger partial charge in [0.25, 0.3) is 5.91 Å². The third-order valence-electron chi connectivity index (χ3n) is 12.7. The van der Waals surface area contributed by atoms with E-state index >= 15 is 4.39 Å². The molecule has 1 saturated heterocycles. The molecule has 15 nitrogen and oxygen atoms in total. The molecule has 2 aromatic heterocycles. The Morgan fingerprint density at radius 2 is 1.45 bits per heavy atom. The molecule has 2 aliphatic rings. The van der Waals surface area contributed by atoms with Gasteiger partial charge in [-0.3, -0.25) is 23.6 Å². The average Bonchev–Trinajstić information content (AvgIpc) is 3.81. The van der Waals surface area contributed by atoms with Crippen LogP contribution in [0.4, 0.5) is 15.8 Å². The predicted molar refractivity (Wildman–Crippen MR) is 269 cm³/mol. The summed E-state index contributed by atoms with van der Waals surface area (Å²) in [5.74, 6) is -1.44. The van der Waals surface area contributed by atoms with E-state index in [4.69, 9.17) is 19.2 Å². The zero-order chi connectivity index (χ0) is 49.2. The predicted octanol–water partition coefficient (Wildman–Crippen LogP) is 8.05. The van der Waals surface area contributed by atoms with E-state index in [2.05, 4.69) is 16.3 Å². The molecule has 8 aromatic rings. The molecule has 0 saturated carbocycles. The summed E-state index contributed by atoms with van der Waals surface area (Å²) in [4.78, 5) is 46.8. The highest BCUT2D eigenvalue weighted by Crippen LogP contribution is 2.40. The molecule has 1 fully saturated rings. The molecule has 6 aromatic carbocycles. The van der Waals surface area contributed by atoms with Crippen LogP contribution in [0.25, 0.3) is 33.1 Å². The summed E-state index contributed by atoms with van der Waals surface area (Å²) in [6.07, 6.45) is 2.73. The van der Waals surface area contributed by atoms with Crippen molar-refractivity contribution in [2.24, 2.45) is 7.05 Å². The maximum atomic E-state index is 16.4. The van der Waals surface area contributed by atoms with Crippen molar-refractivity contribution in [1.29, 1.82) is 0 Å². The van der Waals surface area contributed by atoms with Crippen LogP contribution in [0.1, 0.15) is 35.6 Å². The minimum Gasteiger partial charge on any atom is -0.487 e. The minimum atomic E-state index is -4.36. The Hall–Kier alpha value is -8.28. The van der Waals surface area contributed by atoms with E-state index in [0.29, 0.717) is 58.6 Å². The number of halogens is 1. The first kappa shape index (κ1) is 46.4. The summed E-state index contributed by atoms with van der Waals surface area (Å²) in [5, 5.41) is 3.38. The molecular weight excluding hydrogens is 926 g/mol. The zero-order valence-corrected chi connectivity index (χ0v) is 39.6. The number of amides is 2. The third-order valence-corrected chi connectivity index (χ3v) is 14.1. The Morgan fingerprint density at radius 3 is 2.08 bits per heavy atom. The lowest BCUT2D eigenvalue weighted by atomic mass is 9.98. The van der Waals surface area contributed by atoms with E-state index in [1.54, 1.807) is 40.4 Å². The van der Waals surface area contributed by atoms with Crippen molar-refractivity contribution in [3.8, 4) is 23.2 Å². The number of carbonyl (C=O) groups excluding carboxylic acids is 2. The number of carbonyl (C=O) groups is 2. The van der Waals surface area contributed by atoms with Crippen molar-refractivity contribution in [2.75, 3.05) is 29.3 Å². The van der Waals surface area contributed by atoms with Crippen LogP contribution in [-0.2, 0) is 46.7 Å². The lowest BCUT2D eigenvalue weighted by Crippen LogP contribution is -2.44. The highest BCUT2D eigenvalue weighted by Gasteiger charge is 2.38. The molecular formula is C54H48FN7O8S. The maximum absolute atomic E-state index is 16.4. The number of anilines is 2. The number of imidazole rings is 1. The second-order valence-electron chi connectivity index (χ2n) is 17.3. The van der Waals surface area contributed by atoms with Gasteiger partial charge in [-0.05, 0) is 89.0 Å². The summed E-state index contributed by atoms with van der Waals surface area (Å²) in [7, 11) is -2.63. The topological polar surface area (TPSA) is 166 Å². The second-order valence-corrected chi connectivity index (χ2v) is 18.9. The van der Waals surface area contributed by atoms with E-state index in [1.807, 2.05) is 121 Å². The van der Waals surface area contributed by atoms with Crippen LogP contribution in [0, 0.1) is 5.82 Å². The SMILES string of the molecule is C[C@H](C(=O)Nc1ccc2c(F)c(N3CC(=O)NS3(=O)=O)c(OCc3ccccc3)cc2c1)N1CC=C(c2ccc3c(c2)n(C)c(=O)n3-c2ccc(OCc3ccccc3)nc2OCc2ccccc2)CC1. The van der Waals surface area contributed by atoms with Gasteiger partial charge in [0.05, 0.1) is 17.1 Å². The van der Waals surface area contributed by atoms with Crippen LogP contribution >= 0.6 is 0 Å². The fraction of sp³-hybridized carbons (Fsp3) is 0.185. The number of aryl methyl sites for hydroxylation is 1. The first-order chi connectivity index (χ1) is 34.4. The molecule has 0 aliphatic carbocycles. The van der Waals surface area contributed by atoms with E-state index in [9.17, 15) is 22.8 Å². The fourth-order valence-corrected chi connectivity index (χ4v) is 10.0. The largest absolute Gasteiger partial charge is 0.487 e. The average molecular weight is 974 g/mol. The highest BCUT2D eigenvalue weighted by atomic mass is 32.2. The molecule has 71 heavy (non-hydrogen) atoms. The van der Waals surface area contributed by atoms with Gasteiger partial charge >= 0.3 is 15.9 Å². The fourth-order valence-electron chi connectivity index (χ4n) is 8.84. The Morgan fingerprint density at radius 1 is 0.789 bits per heavy atom. The van der Waals surface area contributed by atoms with Gasteiger partial charge in [-0.25, -0.2) is 18.2 Å². The van der Waals surface area contributed by atoms with Crippen LogP contribution in [0.3, 0.4) is 0 Å². The maximum Gasteiger partial charge on any atom is 0.333 e. The lowest BCUT2D eigenvalue weighted by molar-refractivity contribution is -0.120. The highest BCUT2D eigenvalue weighted by molar-refractivity contribution is 7.92. The van der Waals surface area contributed by atoms with Crippen LogP contribution in [0.2, 0.25) is 0 Å². The first-order valence-corrected chi connectivity index (χ1v) is 24.4. The monoisotopic (exact) mass is 973 g/mol. The molecule has 2 amide bonds. The molecule has 0 radical (unpaired) electrons. The quantitative estimate of drug-likeness (QED) is 0.103. The number of fused-ring (bicyclic) bond motifs is 2. The number of ether oxygens (including phenoxy) is 3. The Bertz CT molecular complexity index is 3530. The summed E-state index contributed by atoms with van der Waals surface area (Å²) in [6.45, 7) is 2.83. The molecule has 17 heteroatoms. The molecule has 0 unspecified atom stereocenters. The normalized spacial score (nSPS) is 15.1. The molecule has 1 atom stereocenters. The van der Waals surface area contributed by atoms with E-state index in [0.717, 1.165) is 33.3 Å². The van der Waals surface area contributed by atoms with Gasteiger partial charge in [0.1, 0.15) is 43.5 Å². The summed E-state index contributed by atoms with van der Waals surface area (Å²) >= 11 is 0. The van der Waals surface area contributed by atoms with Gasteiger partial charge < -0.3 is 19.5 Å².